The lowest BCUT2D eigenvalue weighted by Crippen LogP contribution is -2.50. The third-order valence-corrected chi connectivity index (χ3v) is 4.46. The van der Waals surface area contributed by atoms with Crippen LogP contribution >= 0.6 is 0 Å². The molecule has 0 aromatic rings. The van der Waals surface area contributed by atoms with Crippen molar-refractivity contribution in [2.24, 2.45) is 5.92 Å². The first-order valence-electron chi connectivity index (χ1n) is 6.66. The molecule has 0 bridgehead atoms. The van der Waals surface area contributed by atoms with Crippen LogP contribution in [0.1, 0.15) is 58.3 Å². The lowest BCUT2D eigenvalue weighted by atomic mass is 9.94. The van der Waals surface area contributed by atoms with E-state index in [9.17, 15) is 5.11 Å². The van der Waals surface area contributed by atoms with Crippen LogP contribution in [0.25, 0.3) is 0 Å². The Kier molecular flexibility index (Phi) is 3.68. The minimum atomic E-state index is 0.0791. The molecular formula is C13H25NO. The largest absolute Gasteiger partial charge is 0.394 e. The van der Waals surface area contributed by atoms with Crippen LogP contribution in [-0.4, -0.2) is 23.3 Å². The monoisotopic (exact) mass is 211 g/mol. The van der Waals surface area contributed by atoms with Crippen molar-refractivity contribution in [1.29, 1.82) is 0 Å². The first-order valence-corrected chi connectivity index (χ1v) is 6.66. The zero-order chi connectivity index (χ0) is 10.7. The van der Waals surface area contributed by atoms with Gasteiger partial charge in [0, 0.05) is 11.6 Å². The van der Waals surface area contributed by atoms with E-state index in [1.807, 2.05) is 0 Å². The van der Waals surface area contributed by atoms with E-state index in [1.54, 1.807) is 0 Å². The first kappa shape index (κ1) is 11.4. The molecule has 0 aromatic heterocycles. The van der Waals surface area contributed by atoms with E-state index in [-0.39, 0.29) is 5.54 Å². The second-order valence-corrected chi connectivity index (χ2v) is 5.58. The summed E-state index contributed by atoms with van der Waals surface area (Å²) in [6, 6.07) is 0.688. The van der Waals surface area contributed by atoms with Crippen molar-refractivity contribution in [3.05, 3.63) is 0 Å². The molecular weight excluding hydrogens is 186 g/mol. The van der Waals surface area contributed by atoms with Crippen LogP contribution in [0, 0.1) is 5.92 Å². The van der Waals surface area contributed by atoms with Gasteiger partial charge in [0.2, 0.25) is 0 Å². The number of aliphatic hydroxyl groups excluding tert-OH is 1. The summed E-state index contributed by atoms with van der Waals surface area (Å²) in [4.78, 5) is 0. The molecule has 2 saturated carbocycles. The van der Waals surface area contributed by atoms with Gasteiger partial charge < -0.3 is 10.4 Å². The Bertz CT molecular complexity index is 201. The molecule has 0 saturated heterocycles. The molecule has 88 valence electrons. The SMILES string of the molecule is CCC1CCC(CO)(NC2CCCC2)C1. The van der Waals surface area contributed by atoms with Gasteiger partial charge in [-0.15, -0.1) is 0 Å². The summed E-state index contributed by atoms with van der Waals surface area (Å²) in [6.07, 6.45) is 10.3. The van der Waals surface area contributed by atoms with Crippen molar-refractivity contribution in [2.45, 2.75) is 69.9 Å². The number of aliphatic hydroxyl groups is 1. The van der Waals surface area contributed by atoms with E-state index in [0.717, 1.165) is 5.92 Å². The van der Waals surface area contributed by atoms with Crippen molar-refractivity contribution in [3.8, 4) is 0 Å². The third kappa shape index (κ3) is 2.54. The molecule has 2 nitrogen and oxygen atoms in total. The van der Waals surface area contributed by atoms with Gasteiger partial charge in [0.05, 0.1) is 6.61 Å². The van der Waals surface area contributed by atoms with Crippen LogP contribution in [0.2, 0.25) is 0 Å². The van der Waals surface area contributed by atoms with Crippen LogP contribution in [0.3, 0.4) is 0 Å². The number of hydrogen-bond donors (Lipinski definition) is 2. The van der Waals surface area contributed by atoms with Crippen LogP contribution in [-0.2, 0) is 0 Å². The molecule has 2 aliphatic rings. The molecule has 0 radical (unpaired) electrons. The minimum Gasteiger partial charge on any atom is -0.394 e. The minimum absolute atomic E-state index is 0.0791. The molecule has 0 spiro atoms. The van der Waals surface area contributed by atoms with Gasteiger partial charge >= 0.3 is 0 Å². The highest BCUT2D eigenvalue weighted by atomic mass is 16.3. The quantitative estimate of drug-likeness (QED) is 0.748. The number of hydrogen-bond acceptors (Lipinski definition) is 2. The van der Waals surface area contributed by atoms with Gasteiger partial charge in [-0.25, -0.2) is 0 Å². The summed E-state index contributed by atoms with van der Waals surface area (Å²) in [5, 5.41) is 13.4. The Labute approximate surface area is 93.5 Å². The topological polar surface area (TPSA) is 32.3 Å². The molecule has 2 N–H and O–H groups in total. The second kappa shape index (κ2) is 4.84. The van der Waals surface area contributed by atoms with Crippen LogP contribution in [0.15, 0.2) is 0 Å². The Balaban J connectivity index is 1.90. The lowest BCUT2D eigenvalue weighted by molar-refractivity contribution is 0.147. The average Bonchev–Trinajstić information content (AvgIpc) is 2.88. The van der Waals surface area contributed by atoms with Gasteiger partial charge in [0.15, 0.2) is 0 Å². The number of rotatable bonds is 4. The molecule has 2 aliphatic carbocycles. The molecule has 0 aliphatic heterocycles. The highest BCUT2D eigenvalue weighted by Crippen LogP contribution is 2.37. The fourth-order valence-corrected chi connectivity index (χ4v) is 3.41. The van der Waals surface area contributed by atoms with Gasteiger partial charge in [-0.05, 0) is 38.0 Å². The average molecular weight is 211 g/mol. The Morgan fingerprint density at radius 2 is 2.00 bits per heavy atom. The second-order valence-electron chi connectivity index (χ2n) is 5.58. The molecule has 0 amide bonds. The summed E-state index contributed by atoms with van der Waals surface area (Å²) in [6.45, 7) is 2.60. The molecule has 0 aromatic carbocycles. The Morgan fingerprint density at radius 1 is 1.27 bits per heavy atom. The summed E-state index contributed by atoms with van der Waals surface area (Å²) in [5.74, 6) is 0.839. The van der Waals surface area contributed by atoms with Crippen molar-refractivity contribution >= 4 is 0 Å². The third-order valence-electron chi connectivity index (χ3n) is 4.46. The molecule has 0 heterocycles. The fraction of sp³-hybridized carbons (Fsp3) is 1.00. The van der Waals surface area contributed by atoms with Crippen LogP contribution < -0.4 is 5.32 Å². The van der Waals surface area contributed by atoms with Gasteiger partial charge in [0.25, 0.3) is 0 Å². The van der Waals surface area contributed by atoms with E-state index in [0.29, 0.717) is 12.6 Å². The predicted octanol–water partition coefficient (Wildman–Crippen LogP) is 2.46. The zero-order valence-electron chi connectivity index (χ0n) is 9.97. The highest BCUT2D eigenvalue weighted by molar-refractivity contribution is 4.98. The normalized spacial score (nSPS) is 37.6. The molecule has 2 atom stereocenters. The van der Waals surface area contributed by atoms with Gasteiger partial charge in [-0.1, -0.05) is 26.2 Å². The van der Waals surface area contributed by atoms with E-state index in [4.69, 9.17) is 0 Å². The zero-order valence-corrected chi connectivity index (χ0v) is 9.97. The maximum absolute atomic E-state index is 9.63. The van der Waals surface area contributed by atoms with E-state index in [2.05, 4.69) is 12.2 Å². The standard InChI is InChI=1S/C13H25NO/c1-2-11-7-8-13(9-11,10-15)14-12-5-3-4-6-12/h11-12,14-15H,2-10H2,1H3. The van der Waals surface area contributed by atoms with E-state index < -0.39 is 0 Å². The molecule has 2 fully saturated rings. The summed E-state index contributed by atoms with van der Waals surface area (Å²) in [5.41, 5.74) is 0.0791. The van der Waals surface area contributed by atoms with E-state index >= 15 is 0 Å². The first-order chi connectivity index (χ1) is 7.28. The number of nitrogens with one attached hydrogen (secondary N) is 1. The Morgan fingerprint density at radius 3 is 2.53 bits per heavy atom. The van der Waals surface area contributed by atoms with Gasteiger partial charge in [0.1, 0.15) is 0 Å². The summed E-state index contributed by atoms with van der Waals surface area (Å²) < 4.78 is 0. The summed E-state index contributed by atoms with van der Waals surface area (Å²) >= 11 is 0. The van der Waals surface area contributed by atoms with Crippen LogP contribution in [0.5, 0.6) is 0 Å². The van der Waals surface area contributed by atoms with Gasteiger partial charge in [-0.3, -0.25) is 0 Å². The van der Waals surface area contributed by atoms with Crippen molar-refractivity contribution in [3.63, 3.8) is 0 Å². The summed E-state index contributed by atoms with van der Waals surface area (Å²) in [7, 11) is 0. The molecule has 2 rings (SSSR count). The molecule has 2 heteroatoms. The maximum Gasteiger partial charge on any atom is 0.0613 e. The smallest absolute Gasteiger partial charge is 0.0613 e. The Hall–Kier alpha value is -0.0800. The van der Waals surface area contributed by atoms with E-state index in [1.165, 1.54) is 51.4 Å². The van der Waals surface area contributed by atoms with Crippen molar-refractivity contribution in [2.75, 3.05) is 6.61 Å². The van der Waals surface area contributed by atoms with Gasteiger partial charge in [-0.2, -0.15) is 0 Å². The predicted molar refractivity (Wildman–Crippen MR) is 62.8 cm³/mol. The molecule has 15 heavy (non-hydrogen) atoms. The highest BCUT2D eigenvalue weighted by Gasteiger charge is 2.39. The van der Waals surface area contributed by atoms with Crippen LogP contribution in [0.4, 0.5) is 0 Å². The lowest BCUT2D eigenvalue weighted by Gasteiger charge is -2.32. The fourth-order valence-electron chi connectivity index (χ4n) is 3.41. The van der Waals surface area contributed by atoms with Crippen molar-refractivity contribution < 1.29 is 5.11 Å². The maximum atomic E-state index is 9.63. The van der Waals surface area contributed by atoms with Crippen molar-refractivity contribution in [1.82, 2.24) is 5.32 Å². The molecule has 2 unspecified atom stereocenters.